The van der Waals surface area contributed by atoms with Gasteiger partial charge in [-0.3, -0.25) is 16.0 Å². The van der Waals surface area contributed by atoms with E-state index in [1.807, 2.05) is 0 Å². The van der Waals surface area contributed by atoms with Crippen LogP contribution in [-0.4, -0.2) is 0 Å². The molecular weight excluding hydrogens is 779 g/mol. The lowest BCUT2D eigenvalue weighted by Gasteiger charge is -2.40. The van der Waals surface area contributed by atoms with Gasteiger partial charge >= 0.3 is 0 Å². The van der Waals surface area contributed by atoms with Crippen molar-refractivity contribution >= 4 is 44.2 Å². The van der Waals surface area contributed by atoms with Crippen LogP contribution in [0.5, 0.6) is 0 Å². The first-order chi connectivity index (χ1) is 31.5. The van der Waals surface area contributed by atoms with Crippen molar-refractivity contribution in [2.75, 3.05) is 10.2 Å². The van der Waals surface area contributed by atoms with Crippen LogP contribution >= 0.6 is 0 Å². The lowest BCUT2D eigenvalue weighted by atomic mass is 9.76. The SMILES string of the molecule is CC1(C)C2=C(c3cc(-c4cc(-c5cc6ccccc6c6ccccc56)cc(C5NC(c6ccccc6)NC(c6ccccc6)N5)c4)ccc31)N1c3ccccc3NC1c1ccccc12. The minimum atomic E-state index is -0.208. The molecule has 13 rings (SSSR count). The highest BCUT2D eigenvalue weighted by molar-refractivity contribution is 6.14. The molecule has 3 aliphatic heterocycles. The van der Waals surface area contributed by atoms with Crippen molar-refractivity contribution in [2.45, 2.75) is 43.9 Å². The summed E-state index contributed by atoms with van der Waals surface area (Å²) in [5.74, 6) is 0. The maximum atomic E-state index is 4.00. The third kappa shape index (κ3) is 5.75. The zero-order chi connectivity index (χ0) is 42.5. The van der Waals surface area contributed by atoms with Gasteiger partial charge in [0, 0.05) is 16.5 Å². The number of para-hydroxylation sites is 2. The van der Waals surface area contributed by atoms with E-state index >= 15 is 0 Å². The molecule has 64 heavy (non-hydrogen) atoms. The largest absolute Gasteiger partial charge is 0.359 e. The Hall–Kier alpha value is -7.28. The van der Waals surface area contributed by atoms with E-state index in [0.29, 0.717) is 0 Å². The summed E-state index contributed by atoms with van der Waals surface area (Å²) in [4.78, 5) is 2.57. The summed E-state index contributed by atoms with van der Waals surface area (Å²) in [6, 6.07) is 73.8. The Labute approximate surface area is 374 Å². The maximum absolute atomic E-state index is 4.00. The molecule has 4 aliphatic rings. The molecule has 0 aromatic heterocycles. The van der Waals surface area contributed by atoms with Crippen molar-refractivity contribution in [3.05, 3.63) is 239 Å². The van der Waals surface area contributed by atoms with Crippen LogP contribution < -0.4 is 26.2 Å². The van der Waals surface area contributed by atoms with E-state index in [0.717, 1.165) is 0 Å². The van der Waals surface area contributed by atoms with E-state index in [-0.39, 0.29) is 30.1 Å². The molecule has 1 fully saturated rings. The fourth-order valence-electron chi connectivity index (χ4n) is 11.3. The number of hydrogen-bond acceptors (Lipinski definition) is 5. The highest BCUT2D eigenvalue weighted by Gasteiger charge is 2.49. The van der Waals surface area contributed by atoms with E-state index in [2.05, 4.69) is 240 Å². The van der Waals surface area contributed by atoms with Gasteiger partial charge in [0.1, 0.15) is 6.17 Å². The van der Waals surface area contributed by atoms with Crippen LogP contribution in [0.3, 0.4) is 0 Å². The fraction of sp³-hybridized carbons (Fsp3) is 0.119. The van der Waals surface area contributed by atoms with E-state index in [1.54, 1.807) is 0 Å². The van der Waals surface area contributed by atoms with E-state index in [4.69, 9.17) is 0 Å². The zero-order valence-corrected chi connectivity index (χ0v) is 35.8. The van der Waals surface area contributed by atoms with Crippen LogP contribution in [-0.2, 0) is 5.41 Å². The highest BCUT2D eigenvalue weighted by Crippen LogP contribution is 2.61. The number of allylic oxidation sites excluding steroid dienone is 1. The van der Waals surface area contributed by atoms with Crippen molar-refractivity contribution in [1.82, 2.24) is 16.0 Å². The molecule has 0 spiro atoms. The van der Waals surface area contributed by atoms with Crippen LogP contribution in [0.2, 0.25) is 0 Å². The molecule has 0 saturated carbocycles. The number of fused-ring (bicyclic) bond motifs is 12. The Kier molecular flexibility index (Phi) is 8.38. The third-order valence-electron chi connectivity index (χ3n) is 14.3. The van der Waals surface area contributed by atoms with Gasteiger partial charge in [-0.25, -0.2) is 0 Å². The second kappa shape index (κ2) is 14.4. The van der Waals surface area contributed by atoms with E-state index < -0.39 is 0 Å². The number of rotatable bonds is 5. The Morgan fingerprint density at radius 3 is 1.81 bits per heavy atom. The number of anilines is 2. The first kappa shape index (κ1) is 37.3. The van der Waals surface area contributed by atoms with Crippen molar-refractivity contribution in [3.8, 4) is 22.3 Å². The maximum Gasteiger partial charge on any atom is 0.131 e. The first-order valence-corrected chi connectivity index (χ1v) is 22.6. The number of hydrogen-bond donors (Lipinski definition) is 4. The summed E-state index contributed by atoms with van der Waals surface area (Å²) < 4.78 is 0. The zero-order valence-electron chi connectivity index (χ0n) is 35.8. The number of nitrogens with zero attached hydrogens (tertiary/aromatic N) is 1. The third-order valence-corrected chi connectivity index (χ3v) is 14.3. The quantitative estimate of drug-likeness (QED) is 0.130. The van der Waals surface area contributed by atoms with Gasteiger partial charge in [0.25, 0.3) is 0 Å². The fourth-order valence-corrected chi connectivity index (χ4v) is 11.3. The minimum Gasteiger partial charge on any atom is -0.359 e. The molecule has 5 heteroatoms. The molecule has 0 amide bonds. The number of benzene rings is 9. The van der Waals surface area contributed by atoms with Crippen LogP contribution in [0, 0.1) is 0 Å². The second-order valence-electron chi connectivity index (χ2n) is 18.3. The first-order valence-electron chi connectivity index (χ1n) is 22.6. The van der Waals surface area contributed by atoms with Gasteiger partial charge in [-0.05, 0) is 120 Å². The molecule has 5 nitrogen and oxygen atoms in total. The molecule has 1 aliphatic carbocycles. The Balaban J connectivity index is 1.02. The van der Waals surface area contributed by atoms with Crippen molar-refractivity contribution < 1.29 is 0 Å². The van der Waals surface area contributed by atoms with Gasteiger partial charge in [0.05, 0.1) is 35.6 Å². The molecule has 3 atom stereocenters. The molecule has 3 heterocycles. The van der Waals surface area contributed by atoms with Gasteiger partial charge in [0.2, 0.25) is 0 Å². The summed E-state index contributed by atoms with van der Waals surface area (Å²) in [6.07, 6.45) is -0.329. The normalized spacial score (nSPS) is 20.3. The minimum absolute atomic E-state index is 0.0149. The molecule has 1 saturated heterocycles. The van der Waals surface area contributed by atoms with Crippen LogP contribution in [0.15, 0.2) is 200 Å². The predicted octanol–water partition coefficient (Wildman–Crippen LogP) is 13.6. The van der Waals surface area contributed by atoms with Gasteiger partial charge < -0.3 is 10.2 Å². The molecular formula is C59H47N5. The average Bonchev–Trinajstić information content (AvgIpc) is 3.86. The van der Waals surface area contributed by atoms with Gasteiger partial charge in [0.15, 0.2) is 0 Å². The van der Waals surface area contributed by atoms with Crippen LogP contribution in [0.25, 0.3) is 55.1 Å². The lowest BCUT2D eigenvalue weighted by molar-refractivity contribution is 0.203. The molecule has 9 aromatic carbocycles. The Bertz CT molecular complexity index is 3310. The van der Waals surface area contributed by atoms with Gasteiger partial charge in [-0.1, -0.05) is 172 Å². The van der Waals surface area contributed by atoms with Crippen molar-refractivity contribution in [1.29, 1.82) is 0 Å². The van der Waals surface area contributed by atoms with Crippen molar-refractivity contribution in [3.63, 3.8) is 0 Å². The molecule has 9 aromatic rings. The van der Waals surface area contributed by atoms with E-state index in [1.165, 1.54) is 105 Å². The standard InChI is InChI=1S/C59H47N5/c1-59(2)50-30-29-38(34-49(50)54-53(59)46-25-13-14-26-47(46)58-60-51-27-15-16-28-52(51)64(54)58)40-31-41(48-35-39-21-9-10-22-43(39)44-23-11-12-24-45(44)48)33-42(32-40)57-62-55(36-17-5-3-6-18-36)61-56(63-57)37-19-7-4-8-20-37/h3-35,55-58,60-63H,1-2H3. The highest BCUT2D eigenvalue weighted by atomic mass is 15.4. The summed E-state index contributed by atoms with van der Waals surface area (Å²) in [5.41, 5.74) is 18.6. The summed E-state index contributed by atoms with van der Waals surface area (Å²) in [6.45, 7) is 4.81. The van der Waals surface area contributed by atoms with Crippen molar-refractivity contribution in [2.24, 2.45) is 0 Å². The number of nitrogens with one attached hydrogen (secondary N) is 4. The van der Waals surface area contributed by atoms with Crippen LogP contribution in [0.1, 0.15) is 77.5 Å². The molecule has 3 unspecified atom stereocenters. The topological polar surface area (TPSA) is 51.4 Å². The smallest absolute Gasteiger partial charge is 0.131 e. The van der Waals surface area contributed by atoms with Crippen LogP contribution in [0.4, 0.5) is 11.4 Å². The molecule has 0 bridgehead atoms. The monoisotopic (exact) mass is 825 g/mol. The van der Waals surface area contributed by atoms with Gasteiger partial charge in [-0.15, -0.1) is 0 Å². The lowest BCUT2D eigenvalue weighted by Crippen LogP contribution is -2.54. The average molecular weight is 826 g/mol. The molecule has 308 valence electrons. The predicted molar refractivity (Wildman–Crippen MR) is 264 cm³/mol. The second-order valence-corrected chi connectivity index (χ2v) is 18.3. The molecule has 0 radical (unpaired) electrons. The van der Waals surface area contributed by atoms with E-state index in [9.17, 15) is 0 Å². The Morgan fingerprint density at radius 2 is 1.05 bits per heavy atom. The summed E-state index contributed by atoms with van der Waals surface area (Å²) in [5, 5.41) is 20.8. The van der Waals surface area contributed by atoms with Gasteiger partial charge in [-0.2, -0.15) is 0 Å². The summed E-state index contributed by atoms with van der Waals surface area (Å²) in [7, 11) is 0. The summed E-state index contributed by atoms with van der Waals surface area (Å²) >= 11 is 0. The molecule has 4 N–H and O–H groups in total. The Morgan fingerprint density at radius 1 is 0.438 bits per heavy atom.